The number of nitrogens with zero attached hydrogens (tertiary/aromatic N) is 3. The van der Waals surface area contributed by atoms with E-state index < -0.39 is 0 Å². The first-order valence-corrected chi connectivity index (χ1v) is 8.69. The lowest BCUT2D eigenvalue weighted by molar-refractivity contribution is 0.415. The maximum atomic E-state index is 5.61. The Bertz CT molecular complexity index is 895. The van der Waals surface area contributed by atoms with Crippen LogP contribution >= 0.6 is 0 Å². The van der Waals surface area contributed by atoms with Gasteiger partial charge in [0.1, 0.15) is 11.6 Å². The minimum atomic E-state index is 0.645. The Morgan fingerprint density at radius 3 is 2.77 bits per heavy atom. The topological polar surface area (TPSA) is 76.3 Å². The predicted molar refractivity (Wildman–Crippen MR) is 108 cm³/mol. The van der Waals surface area contributed by atoms with Crippen LogP contribution in [0.4, 0.5) is 11.5 Å². The van der Waals surface area contributed by atoms with Gasteiger partial charge in [-0.25, -0.2) is 4.98 Å². The molecule has 0 fully saturated rings. The Morgan fingerprint density at radius 1 is 1.19 bits per heavy atom. The van der Waals surface area contributed by atoms with E-state index in [1.165, 1.54) is 0 Å². The van der Waals surface area contributed by atoms with E-state index in [2.05, 4.69) is 16.4 Å². The van der Waals surface area contributed by atoms with Gasteiger partial charge in [-0.2, -0.15) is 0 Å². The molecule has 1 aromatic carbocycles. The van der Waals surface area contributed by atoms with Crippen molar-refractivity contribution in [3.05, 3.63) is 42.6 Å². The number of hydrogen-bond acceptors (Lipinski definition) is 6. The third kappa shape index (κ3) is 3.70. The molecule has 0 unspecified atom stereocenters. The first kappa shape index (κ1) is 17.9. The van der Waals surface area contributed by atoms with E-state index >= 15 is 0 Å². The van der Waals surface area contributed by atoms with Crippen molar-refractivity contribution >= 4 is 22.4 Å². The fourth-order valence-electron chi connectivity index (χ4n) is 2.87. The van der Waals surface area contributed by atoms with Crippen molar-refractivity contribution < 1.29 is 4.74 Å². The van der Waals surface area contributed by atoms with E-state index in [0.29, 0.717) is 6.54 Å². The second kappa shape index (κ2) is 8.01. The SMILES string of the molecule is COc1cc(-c2cc3ncccc3c(NCCCN)n2)ccc1N(C)C. The fourth-order valence-corrected chi connectivity index (χ4v) is 2.87. The molecule has 0 aliphatic carbocycles. The summed E-state index contributed by atoms with van der Waals surface area (Å²) in [4.78, 5) is 11.4. The number of hydrogen-bond donors (Lipinski definition) is 2. The molecule has 3 N–H and O–H groups in total. The highest BCUT2D eigenvalue weighted by Gasteiger charge is 2.12. The van der Waals surface area contributed by atoms with Crippen LogP contribution in [0.5, 0.6) is 5.75 Å². The molecule has 3 aromatic rings. The summed E-state index contributed by atoms with van der Waals surface area (Å²) < 4.78 is 5.55. The van der Waals surface area contributed by atoms with Gasteiger partial charge in [0.05, 0.1) is 24.0 Å². The van der Waals surface area contributed by atoms with Crippen molar-refractivity contribution in [2.24, 2.45) is 5.73 Å². The molecule has 6 heteroatoms. The summed E-state index contributed by atoms with van der Waals surface area (Å²) in [5.41, 5.74) is 9.38. The van der Waals surface area contributed by atoms with Gasteiger partial charge in [-0.1, -0.05) is 6.07 Å². The third-order valence-corrected chi connectivity index (χ3v) is 4.23. The number of fused-ring (bicyclic) bond motifs is 1. The molecule has 0 bridgehead atoms. The number of rotatable bonds is 7. The molecule has 136 valence electrons. The van der Waals surface area contributed by atoms with E-state index in [9.17, 15) is 0 Å². The standard InChI is InChI=1S/C20H25N5O/c1-25(2)18-8-7-14(12-19(18)26-3)16-13-17-15(6-4-10-22-17)20(24-16)23-11-5-9-21/h4,6-8,10,12-13H,5,9,11,21H2,1-3H3,(H,23,24). The summed E-state index contributed by atoms with van der Waals surface area (Å²) in [6.45, 7) is 1.42. The number of methoxy groups -OCH3 is 1. The van der Waals surface area contributed by atoms with Gasteiger partial charge in [0.15, 0.2) is 0 Å². The van der Waals surface area contributed by atoms with Crippen molar-refractivity contribution in [1.82, 2.24) is 9.97 Å². The van der Waals surface area contributed by atoms with Crippen LogP contribution < -0.4 is 20.7 Å². The van der Waals surface area contributed by atoms with E-state index in [1.807, 2.05) is 49.3 Å². The second-order valence-corrected chi connectivity index (χ2v) is 6.28. The van der Waals surface area contributed by atoms with Gasteiger partial charge in [0.25, 0.3) is 0 Å². The highest BCUT2D eigenvalue weighted by Crippen LogP contribution is 2.33. The fraction of sp³-hybridized carbons (Fsp3) is 0.300. The van der Waals surface area contributed by atoms with E-state index in [0.717, 1.165) is 52.4 Å². The molecule has 0 saturated heterocycles. The molecule has 0 amide bonds. The van der Waals surface area contributed by atoms with E-state index in [1.54, 1.807) is 13.3 Å². The second-order valence-electron chi connectivity index (χ2n) is 6.28. The Hall–Kier alpha value is -2.86. The van der Waals surface area contributed by atoms with Gasteiger partial charge in [-0.05, 0) is 43.3 Å². The smallest absolute Gasteiger partial charge is 0.142 e. The molecular formula is C20H25N5O. The first-order chi connectivity index (χ1) is 12.6. The van der Waals surface area contributed by atoms with Crippen LogP contribution in [-0.2, 0) is 0 Å². The molecule has 6 nitrogen and oxygen atoms in total. The highest BCUT2D eigenvalue weighted by atomic mass is 16.5. The summed E-state index contributed by atoms with van der Waals surface area (Å²) >= 11 is 0. The van der Waals surface area contributed by atoms with Gasteiger partial charge < -0.3 is 20.7 Å². The summed E-state index contributed by atoms with van der Waals surface area (Å²) in [6.07, 6.45) is 2.69. The molecule has 0 aliphatic rings. The molecule has 0 atom stereocenters. The van der Waals surface area contributed by atoms with Gasteiger partial charge in [-0.3, -0.25) is 4.98 Å². The maximum absolute atomic E-state index is 5.61. The number of nitrogens with one attached hydrogen (secondary N) is 1. The molecule has 2 heterocycles. The van der Waals surface area contributed by atoms with E-state index in [4.69, 9.17) is 15.5 Å². The van der Waals surface area contributed by atoms with Crippen molar-refractivity contribution in [2.75, 3.05) is 44.5 Å². The lowest BCUT2D eigenvalue weighted by atomic mass is 10.1. The largest absolute Gasteiger partial charge is 0.495 e. The molecule has 3 rings (SSSR count). The highest BCUT2D eigenvalue weighted by molar-refractivity contribution is 5.92. The Labute approximate surface area is 154 Å². The molecule has 26 heavy (non-hydrogen) atoms. The number of ether oxygens (including phenoxy) is 1. The van der Waals surface area contributed by atoms with Crippen LogP contribution in [0.2, 0.25) is 0 Å². The van der Waals surface area contributed by atoms with Gasteiger partial charge in [0.2, 0.25) is 0 Å². The zero-order valence-corrected chi connectivity index (χ0v) is 15.5. The molecular weight excluding hydrogens is 326 g/mol. The Morgan fingerprint density at radius 2 is 2.04 bits per heavy atom. The number of aromatic nitrogens is 2. The van der Waals surface area contributed by atoms with Crippen molar-refractivity contribution in [1.29, 1.82) is 0 Å². The Balaban J connectivity index is 2.07. The molecule has 0 spiro atoms. The van der Waals surface area contributed by atoms with Crippen LogP contribution in [0.15, 0.2) is 42.6 Å². The Kier molecular flexibility index (Phi) is 5.53. The van der Waals surface area contributed by atoms with Gasteiger partial charge >= 0.3 is 0 Å². The van der Waals surface area contributed by atoms with Crippen LogP contribution in [0.25, 0.3) is 22.2 Å². The maximum Gasteiger partial charge on any atom is 0.142 e. The lowest BCUT2D eigenvalue weighted by Gasteiger charge is -2.17. The summed E-state index contributed by atoms with van der Waals surface area (Å²) in [7, 11) is 5.67. The minimum absolute atomic E-state index is 0.645. The average molecular weight is 351 g/mol. The number of nitrogens with two attached hydrogens (primary N) is 1. The molecule has 0 radical (unpaired) electrons. The van der Waals surface area contributed by atoms with Gasteiger partial charge in [-0.15, -0.1) is 0 Å². The third-order valence-electron chi connectivity index (χ3n) is 4.23. The normalized spacial score (nSPS) is 10.8. The monoisotopic (exact) mass is 351 g/mol. The number of anilines is 2. The predicted octanol–water partition coefficient (Wildman–Crippen LogP) is 3.13. The van der Waals surface area contributed by atoms with Crippen molar-refractivity contribution in [2.45, 2.75) is 6.42 Å². The zero-order chi connectivity index (χ0) is 18.5. The summed E-state index contributed by atoms with van der Waals surface area (Å²) in [6, 6.07) is 12.1. The summed E-state index contributed by atoms with van der Waals surface area (Å²) in [5, 5.41) is 4.39. The van der Waals surface area contributed by atoms with Crippen LogP contribution in [-0.4, -0.2) is 44.3 Å². The average Bonchev–Trinajstić information content (AvgIpc) is 2.67. The first-order valence-electron chi connectivity index (χ1n) is 8.69. The van der Waals surface area contributed by atoms with Crippen LogP contribution in [0, 0.1) is 0 Å². The van der Waals surface area contributed by atoms with Crippen LogP contribution in [0.1, 0.15) is 6.42 Å². The number of benzene rings is 1. The van der Waals surface area contributed by atoms with E-state index in [-0.39, 0.29) is 0 Å². The molecule has 2 aromatic heterocycles. The molecule has 0 saturated carbocycles. The zero-order valence-electron chi connectivity index (χ0n) is 15.5. The van der Waals surface area contributed by atoms with Crippen LogP contribution in [0.3, 0.4) is 0 Å². The summed E-state index contributed by atoms with van der Waals surface area (Å²) in [5.74, 6) is 1.64. The molecule has 0 aliphatic heterocycles. The van der Waals surface area contributed by atoms with Gasteiger partial charge in [0, 0.05) is 37.8 Å². The van der Waals surface area contributed by atoms with Crippen molar-refractivity contribution in [3.8, 4) is 17.0 Å². The van der Waals surface area contributed by atoms with Crippen molar-refractivity contribution in [3.63, 3.8) is 0 Å². The quantitative estimate of drug-likeness (QED) is 0.637. The number of pyridine rings is 2. The minimum Gasteiger partial charge on any atom is -0.495 e. The lowest BCUT2D eigenvalue weighted by Crippen LogP contribution is -2.10.